The number of aryl methyl sites for hydroxylation is 1. The fraction of sp³-hybridized carbons (Fsp3) is 0.538. The van der Waals surface area contributed by atoms with Crippen molar-refractivity contribution < 1.29 is 5.11 Å². The molecule has 2 atom stereocenters. The van der Waals surface area contributed by atoms with Crippen LogP contribution in [0.15, 0.2) is 18.2 Å². The lowest BCUT2D eigenvalue weighted by Crippen LogP contribution is -2.38. The van der Waals surface area contributed by atoms with Crippen LogP contribution in [0.2, 0.25) is 0 Å². The Balaban J connectivity index is 2.41. The Kier molecular flexibility index (Phi) is 3.17. The topological polar surface area (TPSA) is 49.5 Å². The van der Waals surface area contributed by atoms with Crippen molar-refractivity contribution in [1.82, 2.24) is 0 Å². The van der Waals surface area contributed by atoms with Crippen molar-refractivity contribution in [1.29, 1.82) is 0 Å². The van der Waals surface area contributed by atoms with E-state index in [4.69, 9.17) is 5.73 Å². The highest BCUT2D eigenvalue weighted by molar-refractivity contribution is 5.58. The van der Waals surface area contributed by atoms with E-state index in [1.165, 1.54) is 16.8 Å². The molecule has 0 saturated heterocycles. The molecule has 0 bridgehead atoms. The molecule has 3 N–H and O–H groups in total. The summed E-state index contributed by atoms with van der Waals surface area (Å²) in [6, 6.07) is 6.34. The Morgan fingerprint density at radius 1 is 1.56 bits per heavy atom. The first-order valence-electron chi connectivity index (χ1n) is 5.81. The minimum absolute atomic E-state index is 0.0573. The average molecular weight is 220 g/mol. The molecular formula is C13H20N2O. The average Bonchev–Trinajstić information content (AvgIpc) is 2.28. The standard InChI is InChI=1S/C13H20N2O/c1-9-3-4-13-11(7-9)10(12(14)8-16)5-6-15(13)2/h3-4,7,10,12,16H,5-6,8,14H2,1-2H3. The SMILES string of the molecule is Cc1ccc2c(c1)C(C(N)CO)CCN2C. The smallest absolute Gasteiger partial charge is 0.0588 e. The maximum absolute atomic E-state index is 9.21. The first-order valence-corrected chi connectivity index (χ1v) is 5.81. The number of anilines is 1. The van der Waals surface area contributed by atoms with E-state index < -0.39 is 0 Å². The van der Waals surface area contributed by atoms with Gasteiger partial charge in [-0.15, -0.1) is 0 Å². The van der Waals surface area contributed by atoms with E-state index in [-0.39, 0.29) is 18.6 Å². The zero-order valence-electron chi connectivity index (χ0n) is 9.98. The molecule has 1 aliphatic heterocycles. The molecule has 3 heteroatoms. The summed E-state index contributed by atoms with van der Waals surface area (Å²) in [5.41, 5.74) is 9.79. The van der Waals surface area contributed by atoms with Gasteiger partial charge in [-0.1, -0.05) is 17.7 Å². The lowest BCUT2D eigenvalue weighted by Gasteiger charge is -2.35. The second-order valence-corrected chi connectivity index (χ2v) is 4.73. The number of nitrogens with zero attached hydrogens (tertiary/aromatic N) is 1. The Labute approximate surface area is 96.9 Å². The summed E-state index contributed by atoms with van der Waals surface area (Å²) in [5.74, 6) is 0.288. The number of benzene rings is 1. The monoisotopic (exact) mass is 220 g/mol. The van der Waals surface area contributed by atoms with Gasteiger partial charge in [-0.25, -0.2) is 0 Å². The highest BCUT2D eigenvalue weighted by Gasteiger charge is 2.27. The Hall–Kier alpha value is -1.06. The van der Waals surface area contributed by atoms with Gasteiger partial charge in [0.2, 0.25) is 0 Å². The van der Waals surface area contributed by atoms with Crippen molar-refractivity contribution >= 4 is 5.69 Å². The number of hydrogen-bond acceptors (Lipinski definition) is 3. The van der Waals surface area contributed by atoms with Crippen LogP contribution in [0.5, 0.6) is 0 Å². The van der Waals surface area contributed by atoms with Crippen LogP contribution < -0.4 is 10.6 Å². The summed E-state index contributed by atoms with van der Waals surface area (Å²) < 4.78 is 0. The zero-order valence-corrected chi connectivity index (χ0v) is 9.98. The molecule has 3 nitrogen and oxygen atoms in total. The van der Waals surface area contributed by atoms with Gasteiger partial charge in [0.15, 0.2) is 0 Å². The van der Waals surface area contributed by atoms with Crippen molar-refractivity contribution in [2.45, 2.75) is 25.3 Å². The maximum Gasteiger partial charge on any atom is 0.0588 e. The quantitative estimate of drug-likeness (QED) is 0.788. The molecule has 0 amide bonds. The van der Waals surface area contributed by atoms with E-state index in [0.717, 1.165) is 13.0 Å². The number of aliphatic hydroxyl groups is 1. The van der Waals surface area contributed by atoms with Gasteiger partial charge >= 0.3 is 0 Å². The Bertz CT molecular complexity index is 378. The van der Waals surface area contributed by atoms with Gasteiger partial charge in [-0.05, 0) is 25.0 Å². The van der Waals surface area contributed by atoms with Crippen LogP contribution in [0.25, 0.3) is 0 Å². The minimum atomic E-state index is -0.144. The number of hydrogen-bond donors (Lipinski definition) is 2. The molecule has 2 unspecified atom stereocenters. The molecule has 16 heavy (non-hydrogen) atoms. The number of fused-ring (bicyclic) bond motifs is 1. The number of nitrogens with two attached hydrogens (primary N) is 1. The number of rotatable bonds is 2. The molecule has 0 spiro atoms. The van der Waals surface area contributed by atoms with Gasteiger partial charge in [0.05, 0.1) is 6.61 Å². The normalized spacial score (nSPS) is 21.8. The summed E-state index contributed by atoms with van der Waals surface area (Å²) in [5, 5.41) is 9.21. The minimum Gasteiger partial charge on any atom is -0.395 e. The van der Waals surface area contributed by atoms with Crippen molar-refractivity contribution in [2.24, 2.45) is 5.73 Å². The van der Waals surface area contributed by atoms with Gasteiger partial charge in [-0.2, -0.15) is 0 Å². The molecule has 88 valence electrons. The molecule has 1 heterocycles. The molecule has 1 aliphatic rings. The summed E-state index contributed by atoms with van der Waals surface area (Å²) in [6.45, 7) is 3.16. The summed E-state index contributed by atoms with van der Waals surface area (Å²) in [6.07, 6.45) is 1.02. The molecule has 0 aliphatic carbocycles. The first-order chi connectivity index (χ1) is 7.63. The highest BCUT2D eigenvalue weighted by atomic mass is 16.3. The summed E-state index contributed by atoms with van der Waals surface area (Å²) in [7, 11) is 2.11. The lowest BCUT2D eigenvalue weighted by atomic mass is 9.84. The Morgan fingerprint density at radius 3 is 3.00 bits per heavy atom. The third-order valence-corrected chi connectivity index (χ3v) is 3.50. The molecule has 0 fully saturated rings. The fourth-order valence-corrected chi connectivity index (χ4v) is 2.50. The molecule has 0 aromatic heterocycles. The van der Waals surface area contributed by atoms with Crippen LogP contribution >= 0.6 is 0 Å². The Morgan fingerprint density at radius 2 is 2.31 bits per heavy atom. The van der Waals surface area contributed by atoms with E-state index in [1.54, 1.807) is 0 Å². The summed E-state index contributed by atoms with van der Waals surface area (Å²) in [4.78, 5) is 2.26. The van der Waals surface area contributed by atoms with Gasteiger partial charge in [0.1, 0.15) is 0 Å². The third-order valence-electron chi connectivity index (χ3n) is 3.50. The van der Waals surface area contributed by atoms with Gasteiger partial charge in [-0.3, -0.25) is 0 Å². The van der Waals surface area contributed by atoms with Crippen molar-refractivity contribution in [2.75, 3.05) is 25.1 Å². The third kappa shape index (κ3) is 1.93. The molecule has 0 saturated carbocycles. The van der Waals surface area contributed by atoms with E-state index in [1.807, 2.05) is 0 Å². The van der Waals surface area contributed by atoms with Crippen molar-refractivity contribution in [3.05, 3.63) is 29.3 Å². The van der Waals surface area contributed by atoms with Crippen LogP contribution in [0, 0.1) is 6.92 Å². The van der Waals surface area contributed by atoms with Crippen LogP contribution in [0.3, 0.4) is 0 Å². The first kappa shape index (κ1) is 11.4. The largest absolute Gasteiger partial charge is 0.395 e. The zero-order chi connectivity index (χ0) is 11.7. The predicted molar refractivity (Wildman–Crippen MR) is 66.9 cm³/mol. The van der Waals surface area contributed by atoms with Gasteiger partial charge < -0.3 is 15.7 Å². The van der Waals surface area contributed by atoms with Crippen LogP contribution in [-0.2, 0) is 0 Å². The molecule has 1 aromatic rings. The highest BCUT2D eigenvalue weighted by Crippen LogP contribution is 2.36. The van der Waals surface area contributed by atoms with E-state index in [9.17, 15) is 5.11 Å². The predicted octanol–water partition coefficient (Wildman–Crippen LogP) is 1.24. The van der Waals surface area contributed by atoms with E-state index in [0.29, 0.717) is 0 Å². The van der Waals surface area contributed by atoms with Crippen molar-refractivity contribution in [3.8, 4) is 0 Å². The summed E-state index contributed by atoms with van der Waals surface area (Å²) >= 11 is 0. The fourth-order valence-electron chi connectivity index (χ4n) is 2.50. The maximum atomic E-state index is 9.21. The van der Waals surface area contributed by atoms with Crippen LogP contribution in [0.4, 0.5) is 5.69 Å². The van der Waals surface area contributed by atoms with Gasteiger partial charge in [0.25, 0.3) is 0 Å². The molecule has 1 aromatic carbocycles. The van der Waals surface area contributed by atoms with E-state index >= 15 is 0 Å². The number of aliphatic hydroxyl groups excluding tert-OH is 1. The molecule has 0 radical (unpaired) electrons. The second-order valence-electron chi connectivity index (χ2n) is 4.73. The van der Waals surface area contributed by atoms with Crippen molar-refractivity contribution in [3.63, 3.8) is 0 Å². The lowest BCUT2D eigenvalue weighted by molar-refractivity contribution is 0.244. The van der Waals surface area contributed by atoms with Crippen LogP contribution in [-0.4, -0.2) is 31.3 Å². The second kappa shape index (κ2) is 4.44. The molecular weight excluding hydrogens is 200 g/mol. The molecule has 2 rings (SSSR count). The van der Waals surface area contributed by atoms with Crippen LogP contribution in [0.1, 0.15) is 23.5 Å². The van der Waals surface area contributed by atoms with E-state index in [2.05, 4.69) is 37.1 Å². The van der Waals surface area contributed by atoms with Gasteiger partial charge in [0, 0.05) is 31.2 Å².